The van der Waals surface area contributed by atoms with Crippen molar-refractivity contribution in [2.24, 2.45) is 4.99 Å². The fraction of sp³-hybridized carbons (Fsp3) is 0.333. The third-order valence-corrected chi connectivity index (χ3v) is 1.87. The van der Waals surface area contributed by atoms with Gasteiger partial charge in [-0.3, -0.25) is 4.99 Å². The molecule has 0 radical (unpaired) electrons. The first-order valence-electron chi connectivity index (χ1n) is 4.02. The van der Waals surface area contributed by atoms with Gasteiger partial charge in [-0.25, -0.2) is 9.37 Å². The Morgan fingerprint density at radius 1 is 1.50 bits per heavy atom. The SMILES string of the molecule is C/N=C(/c1nc(Cl)ccc1F)N(C)C. The number of amidine groups is 1. The van der Waals surface area contributed by atoms with Crippen LogP contribution in [0.15, 0.2) is 17.1 Å². The number of halogens is 2. The zero-order valence-electron chi connectivity index (χ0n) is 8.25. The van der Waals surface area contributed by atoms with Crippen LogP contribution in [0.2, 0.25) is 5.15 Å². The monoisotopic (exact) mass is 215 g/mol. The second-order valence-electron chi connectivity index (χ2n) is 2.91. The molecule has 3 nitrogen and oxygen atoms in total. The minimum absolute atomic E-state index is 0.171. The van der Waals surface area contributed by atoms with Gasteiger partial charge >= 0.3 is 0 Å². The van der Waals surface area contributed by atoms with E-state index >= 15 is 0 Å². The fourth-order valence-corrected chi connectivity index (χ4v) is 1.24. The van der Waals surface area contributed by atoms with Crippen molar-refractivity contribution in [2.75, 3.05) is 21.1 Å². The highest BCUT2D eigenvalue weighted by Crippen LogP contribution is 2.11. The Kier molecular flexibility index (Phi) is 3.41. The molecular formula is C9H11ClFN3. The summed E-state index contributed by atoms with van der Waals surface area (Å²) in [6.45, 7) is 0. The van der Waals surface area contributed by atoms with Crippen molar-refractivity contribution in [3.63, 3.8) is 0 Å². The molecule has 76 valence electrons. The zero-order valence-corrected chi connectivity index (χ0v) is 9.01. The maximum absolute atomic E-state index is 13.3. The van der Waals surface area contributed by atoms with E-state index in [1.165, 1.54) is 12.1 Å². The smallest absolute Gasteiger partial charge is 0.152 e. The summed E-state index contributed by atoms with van der Waals surface area (Å²) < 4.78 is 13.3. The van der Waals surface area contributed by atoms with Crippen molar-refractivity contribution in [3.05, 3.63) is 28.8 Å². The van der Waals surface area contributed by atoms with Crippen LogP contribution in [0.5, 0.6) is 0 Å². The lowest BCUT2D eigenvalue weighted by Gasteiger charge is -2.14. The van der Waals surface area contributed by atoms with E-state index in [9.17, 15) is 4.39 Å². The van der Waals surface area contributed by atoms with Gasteiger partial charge in [0.1, 0.15) is 10.8 Å². The third kappa shape index (κ3) is 2.20. The molecule has 0 aliphatic carbocycles. The number of aliphatic imine (C=N–C) groups is 1. The molecule has 0 aromatic carbocycles. The van der Waals surface area contributed by atoms with Gasteiger partial charge in [-0.2, -0.15) is 0 Å². The second-order valence-corrected chi connectivity index (χ2v) is 3.29. The largest absolute Gasteiger partial charge is 0.361 e. The standard InChI is InChI=1S/C9H11ClFN3/c1-12-9(14(2)3)8-6(11)4-5-7(10)13-8/h4-5H,1-3H3/b12-9-. The average Bonchev–Trinajstić information content (AvgIpc) is 2.11. The fourth-order valence-electron chi connectivity index (χ4n) is 1.09. The molecule has 0 saturated heterocycles. The maximum atomic E-state index is 13.3. The minimum atomic E-state index is -0.427. The molecule has 1 heterocycles. The highest BCUT2D eigenvalue weighted by atomic mass is 35.5. The first-order valence-corrected chi connectivity index (χ1v) is 4.40. The van der Waals surface area contributed by atoms with Crippen molar-refractivity contribution in [1.29, 1.82) is 0 Å². The van der Waals surface area contributed by atoms with Crippen LogP contribution >= 0.6 is 11.6 Å². The quantitative estimate of drug-likeness (QED) is 0.406. The molecule has 0 N–H and O–H groups in total. The molecule has 1 aromatic heterocycles. The summed E-state index contributed by atoms with van der Waals surface area (Å²) in [6.07, 6.45) is 0. The molecule has 1 aromatic rings. The van der Waals surface area contributed by atoms with E-state index in [1.807, 2.05) is 0 Å². The Balaban J connectivity index is 3.23. The molecule has 0 spiro atoms. The van der Waals surface area contributed by atoms with Gasteiger partial charge in [0.2, 0.25) is 0 Å². The van der Waals surface area contributed by atoms with Crippen molar-refractivity contribution in [1.82, 2.24) is 9.88 Å². The van der Waals surface area contributed by atoms with Crippen LogP contribution in [0, 0.1) is 5.82 Å². The lowest BCUT2D eigenvalue weighted by atomic mass is 10.3. The number of hydrogen-bond acceptors (Lipinski definition) is 2. The Labute approximate surface area is 87.2 Å². The maximum Gasteiger partial charge on any atom is 0.152 e. The molecule has 0 unspecified atom stereocenters. The molecular weight excluding hydrogens is 205 g/mol. The first kappa shape index (κ1) is 10.9. The molecule has 0 fully saturated rings. The number of pyridine rings is 1. The summed E-state index contributed by atoms with van der Waals surface area (Å²) in [5.41, 5.74) is 0.171. The highest BCUT2D eigenvalue weighted by Gasteiger charge is 2.12. The molecule has 0 aliphatic heterocycles. The molecule has 0 aliphatic rings. The summed E-state index contributed by atoms with van der Waals surface area (Å²) in [5.74, 6) is 0.0358. The lowest BCUT2D eigenvalue weighted by molar-refractivity contribution is 0.588. The van der Waals surface area contributed by atoms with Crippen LogP contribution in [0.4, 0.5) is 4.39 Å². The van der Waals surface area contributed by atoms with Crippen LogP contribution in [0.25, 0.3) is 0 Å². The molecule has 0 bridgehead atoms. The van der Waals surface area contributed by atoms with Gasteiger partial charge in [0, 0.05) is 21.1 Å². The van der Waals surface area contributed by atoms with Gasteiger partial charge in [-0.1, -0.05) is 11.6 Å². The van der Waals surface area contributed by atoms with Gasteiger partial charge in [-0.05, 0) is 12.1 Å². The summed E-state index contributed by atoms with van der Waals surface area (Å²) in [6, 6.07) is 2.68. The van der Waals surface area contributed by atoms with E-state index in [-0.39, 0.29) is 10.8 Å². The second kappa shape index (κ2) is 4.37. The van der Waals surface area contributed by atoms with E-state index in [4.69, 9.17) is 11.6 Å². The minimum Gasteiger partial charge on any atom is -0.361 e. The van der Waals surface area contributed by atoms with E-state index in [0.29, 0.717) is 5.84 Å². The van der Waals surface area contributed by atoms with Crippen molar-refractivity contribution in [3.8, 4) is 0 Å². The van der Waals surface area contributed by atoms with E-state index < -0.39 is 5.82 Å². The third-order valence-electron chi connectivity index (χ3n) is 1.66. The zero-order chi connectivity index (χ0) is 10.7. The Hall–Kier alpha value is -1.16. The van der Waals surface area contributed by atoms with Gasteiger partial charge in [0.15, 0.2) is 11.7 Å². The van der Waals surface area contributed by atoms with Crippen LogP contribution in [0.1, 0.15) is 5.69 Å². The molecule has 14 heavy (non-hydrogen) atoms. The summed E-state index contributed by atoms with van der Waals surface area (Å²) in [4.78, 5) is 9.51. The Morgan fingerprint density at radius 3 is 2.64 bits per heavy atom. The lowest BCUT2D eigenvalue weighted by Crippen LogP contribution is -2.25. The topological polar surface area (TPSA) is 28.5 Å². The predicted octanol–water partition coefficient (Wildman–Crippen LogP) is 1.81. The van der Waals surface area contributed by atoms with Crippen LogP contribution in [-0.2, 0) is 0 Å². The van der Waals surface area contributed by atoms with Crippen LogP contribution in [-0.4, -0.2) is 36.9 Å². The first-order chi connectivity index (χ1) is 6.56. The van der Waals surface area contributed by atoms with Gasteiger partial charge in [-0.15, -0.1) is 0 Å². The predicted molar refractivity (Wildman–Crippen MR) is 55.4 cm³/mol. The van der Waals surface area contributed by atoms with E-state index in [0.717, 1.165) is 0 Å². The normalized spacial score (nSPS) is 11.6. The molecule has 0 saturated carbocycles. The van der Waals surface area contributed by atoms with Gasteiger partial charge < -0.3 is 4.90 Å². The Bertz CT molecular complexity index is 363. The Morgan fingerprint density at radius 2 is 2.14 bits per heavy atom. The van der Waals surface area contributed by atoms with E-state index in [2.05, 4.69) is 9.98 Å². The van der Waals surface area contributed by atoms with Gasteiger partial charge in [0.25, 0.3) is 0 Å². The molecule has 1 rings (SSSR count). The summed E-state index contributed by atoms with van der Waals surface area (Å²) >= 11 is 5.67. The average molecular weight is 216 g/mol. The van der Waals surface area contributed by atoms with Crippen LogP contribution in [0.3, 0.4) is 0 Å². The molecule has 0 atom stereocenters. The van der Waals surface area contributed by atoms with Crippen molar-refractivity contribution >= 4 is 17.4 Å². The summed E-state index contributed by atoms with van der Waals surface area (Å²) in [5, 5.41) is 0.254. The number of rotatable bonds is 1. The van der Waals surface area contributed by atoms with Crippen LogP contribution < -0.4 is 0 Å². The molecule has 0 amide bonds. The molecule has 5 heteroatoms. The number of aromatic nitrogens is 1. The van der Waals surface area contributed by atoms with Crippen molar-refractivity contribution < 1.29 is 4.39 Å². The highest BCUT2D eigenvalue weighted by molar-refractivity contribution is 6.29. The van der Waals surface area contributed by atoms with Gasteiger partial charge in [0.05, 0.1) is 0 Å². The number of nitrogens with zero attached hydrogens (tertiary/aromatic N) is 3. The number of hydrogen-bond donors (Lipinski definition) is 0. The van der Waals surface area contributed by atoms with E-state index in [1.54, 1.807) is 26.0 Å². The van der Waals surface area contributed by atoms with Crippen molar-refractivity contribution in [2.45, 2.75) is 0 Å². The summed E-state index contributed by atoms with van der Waals surface area (Å²) in [7, 11) is 5.12.